The Labute approximate surface area is 163 Å². The van der Waals surface area contributed by atoms with Gasteiger partial charge in [-0.2, -0.15) is 10.2 Å². The molecule has 2 N–H and O–H groups in total. The van der Waals surface area contributed by atoms with Gasteiger partial charge in [-0.05, 0) is 38.1 Å². The highest BCUT2D eigenvalue weighted by atomic mass is 16.5. The number of nitrogens with zero attached hydrogens (tertiary/aromatic N) is 2. The van der Waals surface area contributed by atoms with E-state index in [-0.39, 0.29) is 0 Å². The van der Waals surface area contributed by atoms with Crippen LogP contribution in [0.25, 0.3) is 0 Å². The van der Waals surface area contributed by atoms with Crippen LogP contribution in [0.2, 0.25) is 0 Å². The standard InChI is InChI=1S/C20H22N4O4/c1-3-27-17-11-7-5-9-15(17)13-21-23-19(25)20(26)24-22-14-16-10-6-8-12-18(16)28-4-2/h5-14H,3-4H2,1-2H3,(H,23,25)(H,24,26)/b21-13-,22-14?. The lowest BCUT2D eigenvalue weighted by Crippen LogP contribution is -2.35. The van der Waals surface area contributed by atoms with Gasteiger partial charge in [-0.25, -0.2) is 10.9 Å². The average molecular weight is 382 g/mol. The molecule has 0 bridgehead atoms. The summed E-state index contributed by atoms with van der Waals surface area (Å²) in [4.78, 5) is 23.6. The summed E-state index contributed by atoms with van der Waals surface area (Å²) in [5.41, 5.74) is 5.64. The quantitative estimate of drug-likeness (QED) is 0.415. The molecule has 2 aromatic carbocycles. The van der Waals surface area contributed by atoms with Crippen molar-refractivity contribution in [2.45, 2.75) is 13.8 Å². The summed E-state index contributed by atoms with van der Waals surface area (Å²) in [6, 6.07) is 14.4. The molecule has 0 radical (unpaired) electrons. The number of ether oxygens (including phenoxy) is 2. The predicted molar refractivity (Wildman–Crippen MR) is 107 cm³/mol. The number of carbonyl (C=O) groups is 2. The number of rotatable bonds is 8. The van der Waals surface area contributed by atoms with Crippen molar-refractivity contribution < 1.29 is 19.1 Å². The Balaban J connectivity index is 1.89. The summed E-state index contributed by atoms with van der Waals surface area (Å²) in [5.74, 6) is -0.629. The zero-order valence-electron chi connectivity index (χ0n) is 15.7. The summed E-state index contributed by atoms with van der Waals surface area (Å²) in [6.45, 7) is 4.74. The van der Waals surface area contributed by atoms with Crippen LogP contribution in [0.3, 0.4) is 0 Å². The number of benzene rings is 2. The molecule has 2 amide bonds. The van der Waals surface area contributed by atoms with Crippen molar-refractivity contribution in [3.8, 4) is 11.5 Å². The van der Waals surface area contributed by atoms with E-state index in [9.17, 15) is 9.59 Å². The Bertz CT molecular complexity index is 793. The molecular weight excluding hydrogens is 360 g/mol. The monoisotopic (exact) mass is 382 g/mol. The van der Waals surface area contributed by atoms with Crippen molar-refractivity contribution in [2.24, 2.45) is 10.2 Å². The molecule has 28 heavy (non-hydrogen) atoms. The van der Waals surface area contributed by atoms with Gasteiger partial charge in [0, 0.05) is 11.1 Å². The lowest BCUT2D eigenvalue weighted by molar-refractivity contribution is -0.139. The van der Waals surface area contributed by atoms with Crippen molar-refractivity contribution in [1.29, 1.82) is 0 Å². The molecule has 0 fully saturated rings. The maximum Gasteiger partial charge on any atom is 0.331 e. The summed E-state index contributed by atoms with van der Waals surface area (Å²) in [5, 5.41) is 7.55. The van der Waals surface area contributed by atoms with Crippen molar-refractivity contribution >= 4 is 24.2 Å². The highest BCUT2D eigenvalue weighted by Crippen LogP contribution is 2.16. The summed E-state index contributed by atoms with van der Waals surface area (Å²) in [7, 11) is 0. The molecule has 0 spiro atoms. The molecule has 146 valence electrons. The maximum atomic E-state index is 11.8. The van der Waals surface area contributed by atoms with Crippen molar-refractivity contribution in [3.63, 3.8) is 0 Å². The fourth-order valence-electron chi connectivity index (χ4n) is 2.17. The number of hydrogen-bond donors (Lipinski definition) is 2. The van der Waals surface area contributed by atoms with E-state index in [0.29, 0.717) is 35.8 Å². The number of hydrazone groups is 2. The Morgan fingerprint density at radius 1 is 0.786 bits per heavy atom. The molecule has 2 rings (SSSR count). The average Bonchev–Trinajstić information content (AvgIpc) is 2.70. The van der Waals surface area contributed by atoms with Crippen LogP contribution in [0.4, 0.5) is 0 Å². The van der Waals surface area contributed by atoms with Gasteiger partial charge < -0.3 is 9.47 Å². The van der Waals surface area contributed by atoms with E-state index in [2.05, 4.69) is 21.1 Å². The van der Waals surface area contributed by atoms with Crippen LogP contribution in [0.15, 0.2) is 58.7 Å². The molecule has 0 saturated carbocycles. The minimum absolute atomic E-state index is 0.504. The van der Waals surface area contributed by atoms with Crippen LogP contribution in [-0.4, -0.2) is 37.5 Å². The highest BCUT2D eigenvalue weighted by molar-refractivity contribution is 6.35. The first-order chi connectivity index (χ1) is 13.7. The summed E-state index contributed by atoms with van der Waals surface area (Å²) in [6.07, 6.45) is 2.80. The Kier molecular flexibility index (Phi) is 8.19. The van der Waals surface area contributed by atoms with Gasteiger partial charge in [0.15, 0.2) is 0 Å². The lowest BCUT2D eigenvalue weighted by Gasteiger charge is -2.06. The molecule has 2 aromatic rings. The molecule has 0 aliphatic rings. The van der Waals surface area contributed by atoms with Gasteiger partial charge >= 0.3 is 11.8 Å². The summed E-state index contributed by atoms with van der Waals surface area (Å²) >= 11 is 0. The number of para-hydroxylation sites is 2. The third-order valence-electron chi connectivity index (χ3n) is 3.38. The molecule has 0 atom stereocenters. The third kappa shape index (κ3) is 6.24. The molecule has 0 aliphatic heterocycles. The van der Waals surface area contributed by atoms with Gasteiger partial charge in [0.2, 0.25) is 0 Å². The predicted octanol–water partition coefficient (Wildman–Crippen LogP) is 2.08. The van der Waals surface area contributed by atoms with Crippen molar-refractivity contribution in [3.05, 3.63) is 59.7 Å². The van der Waals surface area contributed by atoms with E-state index in [1.54, 1.807) is 24.3 Å². The maximum absolute atomic E-state index is 11.8. The first-order valence-electron chi connectivity index (χ1n) is 8.75. The van der Waals surface area contributed by atoms with Crippen LogP contribution >= 0.6 is 0 Å². The van der Waals surface area contributed by atoms with Crippen LogP contribution < -0.4 is 20.3 Å². The van der Waals surface area contributed by atoms with E-state index in [1.165, 1.54) is 12.4 Å². The van der Waals surface area contributed by atoms with E-state index >= 15 is 0 Å². The van der Waals surface area contributed by atoms with Crippen molar-refractivity contribution in [1.82, 2.24) is 10.9 Å². The van der Waals surface area contributed by atoms with Crippen LogP contribution in [-0.2, 0) is 9.59 Å². The lowest BCUT2D eigenvalue weighted by atomic mass is 10.2. The van der Waals surface area contributed by atoms with Crippen LogP contribution in [0.5, 0.6) is 11.5 Å². The smallest absolute Gasteiger partial charge is 0.331 e. The highest BCUT2D eigenvalue weighted by Gasteiger charge is 2.11. The van der Waals surface area contributed by atoms with E-state index in [4.69, 9.17) is 9.47 Å². The molecular formula is C20H22N4O4. The number of hydrogen-bond acceptors (Lipinski definition) is 6. The molecule has 8 heteroatoms. The molecule has 0 unspecified atom stereocenters. The zero-order valence-corrected chi connectivity index (χ0v) is 15.7. The number of amides is 2. The number of nitrogens with one attached hydrogen (secondary N) is 2. The van der Waals surface area contributed by atoms with Crippen LogP contribution in [0, 0.1) is 0 Å². The Morgan fingerprint density at radius 2 is 1.18 bits per heavy atom. The van der Waals surface area contributed by atoms with Gasteiger partial charge in [0.25, 0.3) is 0 Å². The topological polar surface area (TPSA) is 101 Å². The van der Waals surface area contributed by atoms with Gasteiger partial charge in [0.1, 0.15) is 11.5 Å². The SMILES string of the molecule is CCOc1ccccc1C=NNC(=O)C(=O)N/N=C\c1ccccc1OCC. The third-order valence-corrected chi connectivity index (χ3v) is 3.38. The molecule has 0 aliphatic carbocycles. The van der Waals surface area contributed by atoms with Crippen LogP contribution in [0.1, 0.15) is 25.0 Å². The van der Waals surface area contributed by atoms with Gasteiger partial charge in [-0.3, -0.25) is 9.59 Å². The van der Waals surface area contributed by atoms with E-state index in [1.807, 2.05) is 38.1 Å². The van der Waals surface area contributed by atoms with E-state index in [0.717, 1.165) is 0 Å². The minimum atomic E-state index is -0.944. The molecule has 8 nitrogen and oxygen atoms in total. The second-order valence-corrected chi connectivity index (χ2v) is 5.34. The second-order valence-electron chi connectivity index (χ2n) is 5.34. The first kappa shape index (κ1) is 20.6. The fourth-order valence-corrected chi connectivity index (χ4v) is 2.17. The van der Waals surface area contributed by atoms with E-state index < -0.39 is 11.8 Å². The molecule has 0 aromatic heterocycles. The summed E-state index contributed by atoms with van der Waals surface area (Å²) < 4.78 is 10.9. The Morgan fingerprint density at radius 3 is 1.57 bits per heavy atom. The van der Waals surface area contributed by atoms with Gasteiger partial charge in [-0.15, -0.1) is 0 Å². The molecule has 0 heterocycles. The molecule has 0 saturated heterocycles. The van der Waals surface area contributed by atoms with Gasteiger partial charge in [0.05, 0.1) is 25.6 Å². The van der Waals surface area contributed by atoms with Crippen molar-refractivity contribution in [2.75, 3.05) is 13.2 Å². The minimum Gasteiger partial charge on any atom is -0.493 e. The Hall–Kier alpha value is -3.68. The van der Waals surface area contributed by atoms with Gasteiger partial charge in [-0.1, -0.05) is 24.3 Å². The number of carbonyl (C=O) groups excluding carboxylic acids is 2. The zero-order chi connectivity index (χ0) is 20.2. The largest absolute Gasteiger partial charge is 0.493 e. The normalized spacial score (nSPS) is 10.8. The second kappa shape index (κ2) is 11.1. The first-order valence-corrected chi connectivity index (χ1v) is 8.75. The fraction of sp³-hybridized carbons (Fsp3) is 0.200.